The van der Waals surface area contributed by atoms with Gasteiger partial charge in [-0.2, -0.15) is 4.99 Å². The number of aryl methyl sites for hydroxylation is 1. The average Bonchev–Trinajstić information content (AvgIpc) is 2.52. The van der Waals surface area contributed by atoms with Crippen molar-refractivity contribution in [2.24, 2.45) is 16.5 Å². The first-order valence-electron chi connectivity index (χ1n) is 7.56. The van der Waals surface area contributed by atoms with Gasteiger partial charge in [0.25, 0.3) is 5.91 Å². The lowest BCUT2D eigenvalue weighted by Crippen LogP contribution is -2.24. The number of aliphatic imine (C=N–C) groups is 1. The smallest absolute Gasteiger partial charge is 0.280 e. The zero-order valence-corrected chi connectivity index (χ0v) is 16.6. The molecule has 2 aromatic rings. The molecule has 26 heavy (non-hydrogen) atoms. The average molecular weight is 412 g/mol. The van der Waals surface area contributed by atoms with Crippen molar-refractivity contribution in [1.82, 2.24) is 0 Å². The monoisotopic (exact) mass is 411 g/mol. The fraction of sp³-hybridized carbons (Fsp3) is 0.176. The first-order chi connectivity index (χ1) is 12.1. The van der Waals surface area contributed by atoms with E-state index >= 15 is 0 Å². The van der Waals surface area contributed by atoms with E-state index in [2.05, 4.69) is 4.99 Å². The van der Waals surface area contributed by atoms with Crippen molar-refractivity contribution in [3.8, 4) is 0 Å². The van der Waals surface area contributed by atoms with E-state index in [-0.39, 0.29) is 16.4 Å². The molecule has 0 saturated carbocycles. The number of benzene rings is 2. The number of nitrogens with two attached hydrogens (primary N) is 2. The highest BCUT2D eigenvalue weighted by Gasteiger charge is 2.21. The number of amides is 1. The predicted molar refractivity (Wildman–Crippen MR) is 105 cm³/mol. The second-order valence-electron chi connectivity index (χ2n) is 5.48. The maximum absolute atomic E-state index is 12.3. The van der Waals surface area contributed by atoms with Crippen LogP contribution in [-0.2, 0) is 16.3 Å². The van der Waals surface area contributed by atoms with Crippen molar-refractivity contribution in [3.63, 3.8) is 0 Å². The minimum Gasteiger partial charge on any atom is -0.370 e. The van der Waals surface area contributed by atoms with Crippen molar-refractivity contribution < 1.29 is 13.2 Å². The van der Waals surface area contributed by atoms with Crippen LogP contribution in [0.2, 0.25) is 5.02 Å². The second kappa shape index (κ2) is 8.11. The molecule has 0 aliphatic heterocycles. The molecule has 2 aromatic carbocycles. The highest BCUT2D eigenvalue weighted by atomic mass is 35.5. The predicted octanol–water partition coefficient (Wildman–Crippen LogP) is 2.87. The Labute approximate surface area is 161 Å². The number of carbonyl (C=O) groups is 1. The molecule has 138 valence electrons. The third kappa shape index (κ3) is 5.00. The second-order valence-corrected chi connectivity index (χ2v) is 9.02. The molecule has 0 spiro atoms. The van der Waals surface area contributed by atoms with Gasteiger partial charge in [-0.25, -0.2) is 8.42 Å². The van der Waals surface area contributed by atoms with Gasteiger partial charge in [0.05, 0.1) is 4.90 Å². The summed E-state index contributed by atoms with van der Waals surface area (Å²) in [5.74, 6) is -1.05. The van der Waals surface area contributed by atoms with E-state index in [4.69, 9.17) is 23.1 Å². The largest absolute Gasteiger partial charge is 0.370 e. The summed E-state index contributed by atoms with van der Waals surface area (Å²) in [6.45, 7) is 1.86. The Morgan fingerprint density at radius 2 is 1.92 bits per heavy atom. The van der Waals surface area contributed by atoms with Crippen LogP contribution in [0.15, 0.2) is 56.1 Å². The van der Waals surface area contributed by atoms with Crippen LogP contribution >= 0.6 is 23.4 Å². The quantitative estimate of drug-likeness (QED) is 0.577. The molecular weight excluding hydrogens is 394 g/mol. The minimum atomic E-state index is -3.59. The van der Waals surface area contributed by atoms with Crippen LogP contribution in [0.1, 0.15) is 22.8 Å². The number of rotatable bonds is 5. The molecule has 0 aliphatic carbocycles. The van der Waals surface area contributed by atoms with E-state index in [1.807, 2.05) is 13.0 Å². The molecule has 0 saturated heterocycles. The number of carbonyl (C=O) groups excluding carboxylic acids is 1. The van der Waals surface area contributed by atoms with Gasteiger partial charge in [-0.15, -0.1) is 0 Å². The summed E-state index contributed by atoms with van der Waals surface area (Å²) >= 11 is 7.26. The number of sulfone groups is 1. The lowest BCUT2D eigenvalue weighted by atomic mass is 10.0. The Balaban J connectivity index is 2.64. The number of nitrogens with zero attached hydrogens (tertiary/aromatic N) is 1. The van der Waals surface area contributed by atoms with Gasteiger partial charge in [0.1, 0.15) is 0 Å². The molecule has 0 fully saturated rings. The van der Waals surface area contributed by atoms with Crippen LogP contribution in [-0.4, -0.2) is 26.5 Å². The first kappa shape index (κ1) is 20.3. The number of hydrogen-bond acceptors (Lipinski definition) is 4. The molecule has 0 radical (unpaired) electrons. The molecule has 6 nitrogen and oxygen atoms in total. The van der Waals surface area contributed by atoms with Gasteiger partial charge in [-0.1, -0.05) is 36.4 Å². The summed E-state index contributed by atoms with van der Waals surface area (Å²) in [5, 5.41) is 0.547. The standard InChI is InChI=1S/C17H18ClN3O3S2/c1-3-10-7-14(25-12-6-4-5-11(18)8-12)15(26(2,23)24)9-13(10)16(22)21-17(19)20/h4-9H,3H2,1-2H3,(H4,19,20,21,22). The van der Waals surface area contributed by atoms with Crippen LogP contribution in [0.4, 0.5) is 0 Å². The Morgan fingerprint density at radius 3 is 2.46 bits per heavy atom. The minimum absolute atomic E-state index is 0.0359. The van der Waals surface area contributed by atoms with E-state index in [0.29, 0.717) is 21.9 Å². The molecule has 0 atom stereocenters. The lowest BCUT2D eigenvalue weighted by Gasteiger charge is -2.13. The lowest BCUT2D eigenvalue weighted by molar-refractivity contribution is 0.100. The molecule has 0 aromatic heterocycles. The Hall–Kier alpha value is -2.03. The Bertz CT molecular complexity index is 985. The van der Waals surface area contributed by atoms with Crippen molar-refractivity contribution in [1.29, 1.82) is 0 Å². The third-order valence-electron chi connectivity index (χ3n) is 3.43. The summed E-state index contributed by atoms with van der Waals surface area (Å²) < 4.78 is 24.5. The van der Waals surface area contributed by atoms with E-state index in [1.165, 1.54) is 17.8 Å². The van der Waals surface area contributed by atoms with Gasteiger partial charge in [0, 0.05) is 26.6 Å². The third-order valence-corrected chi connectivity index (χ3v) is 5.98. The van der Waals surface area contributed by atoms with E-state index in [9.17, 15) is 13.2 Å². The summed E-state index contributed by atoms with van der Waals surface area (Å²) in [7, 11) is -3.59. The van der Waals surface area contributed by atoms with Crippen LogP contribution in [0.25, 0.3) is 0 Å². The van der Waals surface area contributed by atoms with Crippen LogP contribution in [0, 0.1) is 0 Å². The summed E-state index contributed by atoms with van der Waals surface area (Å²) in [5.41, 5.74) is 11.3. The van der Waals surface area contributed by atoms with Gasteiger partial charge in [0.2, 0.25) is 0 Å². The van der Waals surface area contributed by atoms with Crippen molar-refractivity contribution in [3.05, 3.63) is 52.5 Å². The molecule has 0 aliphatic rings. The van der Waals surface area contributed by atoms with Crippen molar-refractivity contribution in [2.75, 3.05) is 6.26 Å². The number of halogens is 1. The zero-order chi connectivity index (χ0) is 19.5. The summed E-state index contributed by atoms with van der Waals surface area (Å²) in [4.78, 5) is 17.1. The van der Waals surface area contributed by atoms with Crippen LogP contribution in [0.5, 0.6) is 0 Å². The van der Waals surface area contributed by atoms with Crippen molar-refractivity contribution >= 4 is 45.1 Å². The normalized spacial score (nSPS) is 11.2. The van der Waals surface area contributed by atoms with Crippen LogP contribution in [0.3, 0.4) is 0 Å². The Morgan fingerprint density at radius 1 is 1.23 bits per heavy atom. The van der Waals surface area contributed by atoms with Gasteiger partial charge < -0.3 is 11.5 Å². The van der Waals surface area contributed by atoms with Crippen molar-refractivity contribution in [2.45, 2.75) is 28.0 Å². The fourth-order valence-corrected chi connectivity index (χ4v) is 4.84. The topological polar surface area (TPSA) is 116 Å². The molecule has 0 bridgehead atoms. The highest BCUT2D eigenvalue weighted by molar-refractivity contribution is 8.00. The summed E-state index contributed by atoms with van der Waals surface area (Å²) in [6.07, 6.45) is 1.60. The SMILES string of the molecule is CCc1cc(Sc2cccc(Cl)c2)c(S(C)(=O)=O)cc1C(=O)N=C(N)N. The van der Waals surface area contributed by atoms with E-state index in [1.54, 1.807) is 24.3 Å². The molecular formula is C17H18ClN3O3S2. The maximum Gasteiger partial charge on any atom is 0.280 e. The highest BCUT2D eigenvalue weighted by Crippen LogP contribution is 2.36. The van der Waals surface area contributed by atoms with E-state index < -0.39 is 15.7 Å². The van der Waals surface area contributed by atoms with Gasteiger partial charge in [-0.05, 0) is 42.3 Å². The Kier molecular flexibility index (Phi) is 6.33. The van der Waals surface area contributed by atoms with Gasteiger partial charge in [-0.3, -0.25) is 4.79 Å². The molecule has 0 unspecified atom stereocenters. The van der Waals surface area contributed by atoms with Crippen LogP contribution < -0.4 is 11.5 Å². The molecule has 0 heterocycles. The molecule has 1 amide bonds. The van der Waals surface area contributed by atoms with Gasteiger partial charge in [0.15, 0.2) is 15.8 Å². The molecule has 9 heteroatoms. The summed E-state index contributed by atoms with van der Waals surface area (Å²) in [6, 6.07) is 10.1. The molecule has 2 rings (SSSR count). The fourth-order valence-electron chi connectivity index (χ4n) is 2.30. The zero-order valence-electron chi connectivity index (χ0n) is 14.2. The first-order valence-corrected chi connectivity index (χ1v) is 10.6. The van der Waals surface area contributed by atoms with E-state index in [0.717, 1.165) is 11.2 Å². The number of hydrogen-bond donors (Lipinski definition) is 2. The maximum atomic E-state index is 12.3. The number of guanidine groups is 1. The van der Waals surface area contributed by atoms with Gasteiger partial charge >= 0.3 is 0 Å². The molecule has 4 N–H and O–H groups in total.